The highest BCUT2D eigenvalue weighted by Gasteiger charge is 2.18. The first kappa shape index (κ1) is 23.3. The number of carbonyl (C=O) groups excluding carboxylic acids is 1. The van der Waals surface area contributed by atoms with E-state index < -0.39 is 6.17 Å². The first-order chi connectivity index (χ1) is 15.5. The smallest absolute Gasteiger partial charge is 0.216 e. The molecule has 2 aromatic rings. The van der Waals surface area contributed by atoms with Gasteiger partial charge in [0.25, 0.3) is 0 Å². The molecule has 1 aromatic heterocycles. The van der Waals surface area contributed by atoms with Gasteiger partial charge in [0.2, 0.25) is 5.90 Å². The minimum Gasteiger partial charge on any atom is -0.439 e. The van der Waals surface area contributed by atoms with Gasteiger partial charge in [-0.15, -0.1) is 0 Å². The van der Waals surface area contributed by atoms with Crippen LogP contribution in [-0.2, 0) is 9.53 Å². The van der Waals surface area contributed by atoms with Crippen LogP contribution in [0, 0.1) is 5.92 Å². The summed E-state index contributed by atoms with van der Waals surface area (Å²) in [4.78, 5) is 23.5. The lowest BCUT2D eigenvalue weighted by molar-refractivity contribution is 0.0754. The molecule has 0 saturated carbocycles. The minimum absolute atomic E-state index is 0.152. The molecule has 0 spiro atoms. The molecule has 0 radical (unpaired) electrons. The third-order valence-corrected chi connectivity index (χ3v) is 5.13. The molecule has 1 unspecified atom stereocenters. The quantitative estimate of drug-likeness (QED) is 0.386. The molecular weight excluding hydrogens is 413 g/mol. The van der Waals surface area contributed by atoms with Crippen LogP contribution < -0.4 is 16.2 Å². The van der Waals surface area contributed by atoms with Crippen molar-refractivity contribution in [2.45, 2.75) is 19.0 Å². The van der Waals surface area contributed by atoms with Crippen LogP contribution in [0.15, 0.2) is 47.4 Å². The summed E-state index contributed by atoms with van der Waals surface area (Å²) in [7, 11) is 1.59. The van der Waals surface area contributed by atoms with Gasteiger partial charge in [-0.25, -0.2) is 19.2 Å². The lowest BCUT2D eigenvalue weighted by atomic mass is 9.96. The van der Waals surface area contributed by atoms with Gasteiger partial charge in [-0.05, 0) is 30.5 Å². The van der Waals surface area contributed by atoms with E-state index in [-0.39, 0.29) is 12.5 Å². The average Bonchev–Trinajstić information content (AvgIpc) is 2.84. The zero-order valence-corrected chi connectivity index (χ0v) is 17.8. The standard InChI is InChI=1S/C23H26FN5O3/c1-27-22(11-20(26)16-5-8-31-9-6-16)32-21-10-15(4-7-30)2-3-18(21)23-28-13-17(14-29-23)19(24)12-25/h2-4,10-11,13-14,16,19H,5-6,8-9,12,25-26H2,1H3. The number of hydrogen-bond acceptors (Lipinski definition) is 8. The second kappa shape index (κ2) is 11.3. The summed E-state index contributed by atoms with van der Waals surface area (Å²) in [5.41, 5.74) is 13.7. The fourth-order valence-corrected chi connectivity index (χ4v) is 3.28. The maximum atomic E-state index is 13.8. The first-order valence-electron chi connectivity index (χ1n) is 10.3. The summed E-state index contributed by atoms with van der Waals surface area (Å²) in [5.74, 6) is 2.94. The summed E-state index contributed by atoms with van der Waals surface area (Å²) in [6.45, 7) is 1.18. The Morgan fingerprint density at radius 2 is 2.09 bits per heavy atom. The molecule has 0 amide bonds. The Morgan fingerprint density at radius 1 is 1.38 bits per heavy atom. The summed E-state index contributed by atoms with van der Waals surface area (Å²) in [6, 6.07) is 5.07. The van der Waals surface area contributed by atoms with E-state index in [1.165, 1.54) is 18.5 Å². The Kier molecular flexibility index (Phi) is 8.21. The Balaban J connectivity index is 1.92. The van der Waals surface area contributed by atoms with Crippen molar-refractivity contribution in [1.82, 2.24) is 9.97 Å². The fourth-order valence-electron chi connectivity index (χ4n) is 3.28. The topological polar surface area (TPSA) is 126 Å². The van der Waals surface area contributed by atoms with Gasteiger partial charge < -0.3 is 20.9 Å². The average molecular weight is 439 g/mol. The van der Waals surface area contributed by atoms with Gasteiger partial charge in [0.15, 0.2) is 5.82 Å². The lowest BCUT2D eigenvalue weighted by Gasteiger charge is -2.22. The largest absolute Gasteiger partial charge is 0.439 e. The molecule has 1 atom stereocenters. The summed E-state index contributed by atoms with van der Waals surface area (Å²) in [6.07, 6.45) is 6.09. The van der Waals surface area contributed by atoms with Crippen LogP contribution in [0.4, 0.5) is 4.39 Å². The van der Waals surface area contributed by atoms with Gasteiger partial charge in [0.1, 0.15) is 17.9 Å². The van der Waals surface area contributed by atoms with E-state index in [4.69, 9.17) is 20.9 Å². The monoisotopic (exact) mass is 439 g/mol. The molecule has 1 aromatic carbocycles. The minimum atomic E-state index is -1.34. The highest BCUT2D eigenvalue weighted by molar-refractivity contribution is 5.91. The predicted octanol–water partition coefficient (Wildman–Crippen LogP) is 2.63. The Morgan fingerprint density at radius 3 is 2.72 bits per heavy atom. The predicted molar refractivity (Wildman–Crippen MR) is 120 cm³/mol. The molecule has 168 valence electrons. The maximum Gasteiger partial charge on any atom is 0.216 e. The molecule has 0 aliphatic carbocycles. The molecule has 1 fully saturated rings. The van der Waals surface area contributed by atoms with Crippen molar-refractivity contribution in [3.8, 4) is 17.1 Å². The zero-order valence-electron chi connectivity index (χ0n) is 17.8. The molecular formula is C23H26FN5O3. The van der Waals surface area contributed by atoms with Crippen LogP contribution >= 0.6 is 0 Å². The van der Waals surface area contributed by atoms with E-state index in [1.54, 1.807) is 37.3 Å². The SMILES string of the molecule is CN=C(C=C(N)C1CCOCC1)Oc1cc(C=C=O)ccc1-c1ncc(C(F)CN)cn1. The molecule has 32 heavy (non-hydrogen) atoms. The van der Waals surface area contributed by atoms with Crippen LogP contribution in [0.1, 0.15) is 30.1 Å². The van der Waals surface area contributed by atoms with Gasteiger partial charge in [-0.1, -0.05) is 6.07 Å². The van der Waals surface area contributed by atoms with Crippen molar-refractivity contribution < 1.29 is 18.7 Å². The maximum absolute atomic E-state index is 13.8. The Bertz CT molecular complexity index is 1030. The number of nitrogens with two attached hydrogens (primary N) is 2. The van der Waals surface area contributed by atoms with Crippen LogP contribution in [0.5, 0.6) is 5.75 Å². The first-order valence-corrected chi connectivity index (χ1v) is 10.3. The van der Waals surface area contributed by atoms with Gasteiger partial charge >= 0.3 is 0 Å². The molecule has 3 rings (SSSR count). The number of aliphatic imine (C=N–C) groups is 1. The third-order valence-electron chi connectivity index (χ3n) is 5.13. The number of hydrogen-bond donors (Lipinski definition) is 2. The van der Waals surface area contributed by atoms with Gasteiger partial charge in [0.05, 0.1) is 5.56 Å². The summed E-state index contributed by atoms with van der Waals surface area (Å²) < 4.78 is 25.2. The summed E-state index contributed by atoms with van der Waals surface area (Å²) in [5, 5.41) is 0. The van der Waals surface area contributed by atoms with E-state index >= 15 is 0 Å². The molecule has 0 bridgehead atoms. The van der Waals surface area contributed by atoms with Gasteiger partial charge in [0, 0.05) is 68.5 Å². The van der Waals surface area contributed by atoms with E-state index in [0.717, 1.165) is 12.8 Å². The van der Waals surface area contributed by atoms with E-state index in [0.29, 0.717) is 53.1 Å². The van der Waals surface area contributed by atoms with E-state index in [1.807, 2.05) is 0 Å². The number of halogens is 1. The zero-order chi connectivity index (χ0) is 22.9. The highest BCUT2D eigenvalue weighted by atomic mass is 19.1. The Hall–Kier alpha value is -3.39. The molecule has 1 aliphatic heterocycles. The normalized spacial score (nSPS) is 16.3. The molecule has 2 heterocycles. The number of aromatic nitrogens is 2. The van der Waals surface area contributed by atoms with Gasteiger partial charge in [-0.3, -0.25) is 4.99 Å². The lowest BCUT2D eigenvalue weighted by Crippen LogP contribution is -2.23. The number of benzene rings is 1. The van der Waals surface area contributed by atoms with Gasteiger partial charge in [-0.2, -0.15) is 0 Å². The second-order valence-corrected chi connectivity index (χ2v) is 7.26. The number of alkyl halides is 1. The number of rotatable bonds is 7. The van der Waals surface area contributed by atoms with Crippen molar-refractivity contribution in [1.29, 1.82) is 0 Å². The summed E-state index contributed by atoms with van der Waals surface area (Å²) >= 11 is 0. The van der Waals surface area contributed by atoms with Crippen LogP contribution in [0.3, 0.4) is 0 Å². The van der Waals surface area contributed by atoms with E-state index in [2.05, 4.69) is 15.0 Å². The van der Waals surface area contributed by atoms with Crippen molar-refractivity contribution in [3.63, 3.8) is 0 Å². The van der Waals surface area contributed by atoms with Crippen LogP contribution in [-0.4, -0.2) is 48.6 Å². The third kappa shape index (κ3) is 5.85. The second-order valence-electron chi connectivity index (χ2n) is 7.26. The number of allylic oxidation sites excluding steroid dienone is 1. The van der Waals surface area contributed by atoms with Crippen LogP contribution in [0.25, 0.3) is 17.5 Å². The van der Waals surface area contributed by atoms with Crippen molar-refractivity contribution in [2.75, 3.05) is 26.8 Å². The molecule has 4 N–H and O–H groups in total. The Labute approximate surface area is 185 Å². The fraction of sp³-hybridized carbons (Fsp3) is 0.348. The van der Waals surface area contributed by atoms with E-state index in [9.17, 15) is 9.18 Å². The van der Waals surface area contributed by atoms with Crippen molar-refractivity contribution >= 4 is 17.9 Å². The highest BCUT2D eigenvalue weighted by Crippen LogP contribution is 2.30. The number of ether oxygens (including phenoxy) is 2. The molecule has 1 aliphatic rings. The van der Waals surface area contributed by atoms with Crippen molar-refractivity contribution in [2.24, 2.45) is 22.4 Å². The molecule has 8 nitrogen and oxygen atoms in total. The van der Waals surface area contributed by atoms with Crippen molar-refractivity contribution in [3.05, 3.63) is 53.5 Å². The molecule has 9 heteroatoms. The number of nitrogens with zero attached hydrogens (tertiary/aromatic N) is 3. The molecule has 1 saturated heterocycles. The van der Waals surface area contributed by atoms with Crippen LogP contribution in [0.2, 0.25) is 0 Å².